The summed E-state index contributed by atoms with van der Waals surface area (Å²) in [7, 11) is 0. The molecule has 0 aliphatic heterocycles. The minimum absolute atomic E-state index is 0.0919. The molecule has 0 aliphatic carbocycles. The molecular weight excluding hydrogens is 210 g/mol. The molecule has 0 saturated carbocycles. The lowest BCUT2D eigenvalue weighted by Gasteiger charge is -2.01. The van der Waals surface area contributed by atoms with E-state index >= 15 is 0 Å². The summed E-state index contributed by atoms with van der Waals surface area (Å²) in [6.07, 6.45) is 1.72. The Morgan fingerprint density at radius 2 is 2.33 bits per heavy atom. The van der Waals surface area contributed by atoms with Gasteiger partial charge in [0.15, 0.2) is 0 Å². The Morgan fingerprint density at radius 3 is 3.00 bits per heavy atom. The zero-order valence-electron chi connectivity index (χ0n) is 8.00. The first-order valence-corrected chi connectivity index (χ1v) is 5.42. The van der Waals surface area contributed by atoms with E-state index in [1.807, 2.05) is 23.6 Å². The number of hydrogen-bond acceptors (Lipinski definition) is 5. The average Bonchev–Trinajstić information content (AvgIpc) is 2.78. The van der Waals surface area contributed by atoms with Crippen molar-refractivity contribution in [2.45, 2.75) is 6.04 Å². The van der Waals surface area contributed by atoms with Crippen LogP contribution in [0, 0.1) is 0 Å². The van der Waals surface area contributed by atoms with Gasteiger partial charge in [0.25, 0.3) is 0 Å². The van der Waals surface area contributed by atoms with Gasteiger partial charge in [0.05, 0.1) is 24.0 Å². The molecule has 3 N–H and O–H groups in total. The van der Waals surface area contributed by atoms with Gasteiger partial charge in [-0.1, -0.05) is 6.07 Å². The topological polar surface area (TPSA) is 72.0 Å². The molecule has 0 amide bonds. The monoisotopic (exact) mass is 221 g/mol. The van der Waals surface area contributed by atoms with E-state index in [9.17, 15) is 0 Å². The molecule has 0 saturated heterocycles. The summed E-state index contributed by atoms with van der Waals surface area (Å²) < 4.78 is 0. The van der Waals surface area contributed by atoms with E-state index in [1.165, 1.54) is 11.3 Å². The smallest absolute Gasteiger partial charge is 0.142 e. The Balaban J connectivity index is 2.28. The fourth-order valence-corrected chi connectivity index (χ4v) is 2.02. The van der Waals surface area contributed by atoms with Crippen LogP contribution in [0.1, 0.15) is 11.7 Å². The van der Waals surface area contributed by atoms with E-state index in [0.29, 0.717) is 5.69 Å². The van der Waals surface area contributed by atoms with Gasteiger partial charge in [-0.25, -0.2) is 4.98 Å². The summed E-state index contributed by atoms with van der Waals surface area (Å²) in [5.41, 5.74) is 7.20. The Morgan fingerprint density at radius 1 is 1.47 bits per heavy atom. The Bertz CT molecular complexity index is 429. The number of nitrogens with zero attached hydrogens (tertiary/aromatic N) is 2. The SMILES string of the molecule is NC(CO)c1csc(-c2ccccn2)n1. The molecule has 1 atom stereocenters. The molecule has 0 aliphatic rings. The van der Waals surface area contributed by atoms with Crippen molar-refractivity contribution in [3.63, 3.8) is 0 Å². The fraction of sp³-hybridized carbons (Fsp3) is 0.200. The van der Waals surface area contributed by atoms with Gasteiger partial charge in [-0.15, -0.1) is 11.3 Å². The van der Waals surface area contributed by atoms with Crippen molar-refractivity contribution in [3.8, 4) is 10.7 Å². The van der Waals surface area contributed by atoms with Gasteiger partial charge in [-0.05, 0) is 12.1 Å². The summed E-state index contributed by atoms with van der Waals surface area (Å²) >= 11 is 1.48. The van der Waals surface area contributed by atoms with Gasteiger partial charge in [0.1, 0.15) is 5.01 Å². The van der Waals surface area contributed by atoms with Crippen LogP contribution in [0.15, 0.2) is 29.8 Å². The molecule has 2 rings (SSSR count). The van der Waals surface area contributed by atoms with Crippen LogP contribution in [0.3, 0.4) is 0 Å². The number of rotatable bonds is 3. The molecule has 0 spiro atoms. The molecule has 0 fully saturated rings. The van der Waals surface area contributed by atoms with E-state index in [2.05, 4.69) is 9.97 Å². The maximum Gasteiger partial charge on any atom is 0.142 e. The summed E-state index contributed by atoms with van der Waals surface area (Å²) in [6.45, 7) is -0.0919. The van der Waals surface area contributed by atoms with Gasteiger partial charge >= 0.3 is 0 Å². The van der Waals surface area contributed by atoms with Crippen molar-refractivity contribution >= 4 is 11.3 Å². The molecule has 5 heteroatoms. The van der Waals surface area contributed by atoms with E-state index in [4.69, 9.17) is 10.8 Å². The molecule has 78 valence electrons. The van der Waals surface area contributed by atoms with E-state index in [0.717, 1.165) is 10.7 Å². The van der Waals surface area contributed by atoms with Gasteiger partial charge in [0, 0.05) is 11.6 Å². The second-order valence-electron chi connectivity index (χ2n) is 3.08. The van der Waals surface area contributed by atoms with Crippen LogP contribution in [0.5, 0.6) is 0 Å². The minimum atomic E-state index is -0.404. The Kier molecular flexibility index (Phi) is 3.05. The first-order valence-electron chi connectivity index (χ1n) is 4.54. The van der Waals surface area contributed by atoms with E-state index in [-0.39, 0.29) is 6.61 Å². The number of pyridine rings is 1. The van der Waals surface area contributed by atoms with E-state index in [1.54, 1.807) is 6.20 Å². The number of aromatic nitrogens is 2. The number of nitrogens with two attached hydrogens (primary N) is 1. The van der Waals surface area contributed by atoms with Crippen molar-refractivity contribution in [1.29, 1.82) is 0 Å². The van der Waals surface area contributed by atoms with Crippen molar-refractivity contribution in [2.24, 2.45) is 5.73 Å². The second kappa shape index (κ2) is 4.48. The second-order valence-corrected chi connectivity index (χ2v) is 3.94. The highest BCUT2D eigenvalue weighted by Gasteiger charge is 2.10. The zero-order valence-corrected chi connectivity index (χ0v) is 8.81. The molecule has 0 bridgehead atoms. The van der Waals surface area contributed by atoms with Gasteiger partial charge < -0.3 is 10.8 Å². The van der Waals surface area contributed by atoms with Crippen LogP contribution in [-0.4, -0.2) is 21.7 Å². The highest BCUT2D eigenvalue weighted by Crippen LogP contribution is 2.23. The van der Waals surface area contributed by atoms with Crippen LogP contribution >= 0.6 is 11.3 Å². The van der Waals surface area contributed by atoms with E-state index < -0.39 is 6.04 Å². The third kappa shape index (κ3) is 2.20. The summed E-state index contributed by atoms with van der Waals surface area (Å²) in [6, 6.07) is 5.26. The molecular formula is C10H11N3OS. The largest absolute Gasteiger partial charge is 0.394 e. The predicted octanol–water partition coefficient (Wildman–Crippen LogP) is 1.20. The number of aliphatic hydroxyl groups is 1. The first-order chi connectivity index (χ1) is 7.31. The molecule has 4 nitrogen and oxygen atoms in total. The maximum absolute atomic E-state index is 8.89. The highest BCUT2D eigenvalue weighted by molar-refractivity contribution is 7.13. The number of thiazole rings is 1. The Labute approximate surface area is 91.4 Å². The molecule has 15 heavy (non-hydrogen) atoms. The third-order valence-electron chi connectivity index (χ3n) is 1.98. The van der Waals surface area contributed by atoms with Crippen LogP contribution < -0.4 is 5.73 Å². The highest BCUT2D eigenvalue weighted by atomic mass is 32.1. The van der Waals surface area contributed by atoms with Gasteiger partial charge in [-0.3, -0.25) is 4.98 Å². The normalized spacial score (nSPS) is 12.7. The summed E-state index contributed by atoms with van der Waals surface area (Å²) in [5.74, 6) is 0. The van der Waals surface area contributed by atoms with Crippen molar-refractivity contribution in [3.05, 3.63) is 35.5 Å². The fourth-order valence-electron chi connectivity index (χ4n) is 1.16. The summed E-state index contributed by atoms with van der Waals surface area (Å²) in [5, 5.41) is 11.6. The van der Waals surface area contributed by atoms with Crippen LogP contribution in [-0.2, 0) is 0 Å². The lowest BCUT2D eigenvalue weighted by atomic mass is 10.2. The molecule has 2 aromatic rings. The standard InChI is InChI=1S/C10H11N3OS/c11-7(5-14)9-6-15-10(13-9)8-3-1-2-4-12-8/h1-4,6-7,14H,5,11H2. The molecule has 2 aromatic heterocycles. The molecule has 0 radical (unpaired) electrons. The first kappa shape index (κ1) is 10.2. The number of aliphatic hydroxyl groups excluding tert-OH is 1. The lowest BCUT2D eigenvalue weighted by Crippen LogP contribution is -2.14. The minimum Gasteiger partial charge on any atom is -0.394 e. The Hall–Kier alpha value is -1.30. The third-order valence-corrected chi connectivity index (χ3v) is 2.87. The van der Waals surface area contributed by atoms with Crippen LogP contribution in [0.25, 0.3) is 10.7 Å². The van der Waals surface area contributed by atoms with Crippen molar-refractivity contribution in [2.75, 3.05) is 6.61 Å². The predicted molar refractivity (Wildman–Crippen MR) is 59.4 cm³/mol. The number of hydrogen-bond donors (Lipinski definition) is 2. The zero-order chi connectivity index (χ0) is 10.7. The maximum atomic E-state index is 8.89. The van der Waals surface area contributed by atoms with Crippen LogP contribution in [0.2, 0.25) is 0 Å². The molecule has 1 unspecified atom stereocenters. The van der Waals surface area contributed by atoms with Gasteiger partial charge in [-0.2, -0.15) is 0 Å². The van der Waals surface area contributed by atoms with Crippen molar-refractivity contribution in [1.82, 2.24) is 9.97 Å². The van der Waals surface area contributed by atoms with Crippen LogP contribution in [0.4, 0.5) is 0 Å². The summed E-state index contributed by atoms with van der Waals surface area (Å²) in [4.78, 5) is 8.51. The van der Waals surface area contributed by atoms with Gasteiger partial charge in [0.2, 0.25) is 0 Å². The average molecular weight is 221 g/mol. The molecule has 2 heterocycles. The lowest BCUT2D eigenvalue weighted by molar-refractivity contribution is 0.266. The van der Waals surface area contributed by atoms with Crippen molar-refractivity contribution < 1.29 is 5.11 Å². The quantitative estimate of drug-likeness (QED) is 0.816. The molecule has 0 aromatic carbocycles.